The molecule has 3 N–H and O–H groups in total. The molecule has 3 aromatic rings. The minimum atomic E-state index is -0.908. The van der Waals surface area contributed by atoms with Gasteiger partial charge in [-0.3, -0.25) is 9.69 Å². The van der Waals surface area contributed by atoms with Crippen LogP contribution in [0.15, 0.2) is 42.9 Å². The number of nitrogens with two attached hydrogens (primary N) is 1. The number of aromatic nitrogens is 3. The molecule has 0 bridgehead atoms. The van der Waals surface area contributed by atoms with Crippen LogP contribution in [0.25, 0.3) is 11.3 Å². The maximum absolute atomic E-state index is 13.3. The molecule has 4 rings (SSSR count). The number of pyridine rings is 1. The van der Waals surface area contributed by atoms with Gasteiger partial charge in [0.15, 0.2) is 0 Å². The summed E-state index contributed by atoms with van der Waals surface area (Å²) in [6.07, 6.45) is 3.84. The molecule has 1 amide bonds. The first kappa shape index (κ1) is 26.1. The molecule has 0 saturated carbocycles. The second kappa shape index (κ2) is 10.9. The second-order valence-corrected chi connectivity index (χ2v) is 9.31. The number of amides is 1. The van der Waals surface area contributed by atoms with Crippen LogP contribution < -0.4 is 10.5 Å². The van der Waals surface area contributed by atoms with Gasteiger partial charge in [-0.25, -0.2) is 15.0 Å². The average molecular weight is 501 g/mol. The monoisotopic (exact) mass is 500 g/mol. The zero-order valence-corrected chi connectivity index (χ0v) is 21.7. The number of nitrogen functional groups attached to an aromatic ring is 1. The molecular weight excluding hydrogens is 468 g/mol. The van der Waals surface area contributed by atoms with Crippen molar-refractivity contribution in [3.8, 4) is 28.8 Å². The van der Waals surface area contributed by atoms with E-state index in [-0.39, 0.29) is 5.91 Å². The second-order valence-electron chi connectivity index (χ2n) is 9.31. The summed E-state index contributed by atoms with van der Waals surface area (Å²) < 4.78 is 5.63. The highest BCUT2D eigenvalue weighted by Crippen LogP contribution is 2.30. The maximum atomic E-state index is 13.3. The van der Waals surface area contributed by atoms with Gasteiger partial charge in [0, 0.05) is 43.5 Å². The Balaban J connectivity index is 1.64. The number of hydrogen-bond acceptors (Lipinski definition) is 8. The predicted octanol–water partition coefficient (Wildman–Crippen LogP) is 2.58. The van der Waals surface area contributed by atoms with Crippen molar-refractivity contribution < 1.29 is 14.6 Å². The standard InChI is InChI=1S/C28H32N6O3/c1-5-23-21(9-6-19-7-11-25(29)30-17-19)26(32-18-31-23)20-8-10-22(24(16-20)37-4)27(35)33-12-14-34(15-13-33)28(2,3)36/h7-8,10-11,16-18,36H,5,12-15H2,1-4H3,(H2,29,30). The lowest BCUT2D eigenvalue weighted by Gasteiger charge is -2.41. The number of methoxy groups -OCH3 is 1. The summed E-state index contributed by atoms with van der Waals surface area (Å²) in [5.41, 5.74) is 8.96. The van der Waals surface area contributed by atoms with Crippen LogP contribution in [0.3, 0.4) is 0 Å². The summed E-state index contributed by atoms with van der Waals surface area (Å²) in [5.74, 6) is 7.13. The fraction of sp³-hybridized carbons (Fsp3) is 0.357. The Bertz CT molecular complexity index is 1330. The first-order valence-corrected chi connectivity index (χ1v) is 12.2. The lowest BCUT2D eigenvalue weighted by molar-refractivity contribution is -0.0930. The van der Waals surface area contributed by atoms with Gasteiger partial charge in [0.25, 0.3) is 5.91 Å². The minimum Gasteiger partial charge on any atom is -0.496 e. The van der Waals surface area contributed by atoms with Crippen molar-refractivity contribution in [1.29, 1.82) is 0 Å². The van der Waals surface area contributed by atoms with Crippen LogP contribution in [0.4, 0.5) is 5.82 Å². The minimum absolute atomic E-state index is 0.105. The summed E-state index contributed by atoms with van der Waals surface area (Å²) in [6, 6.07) is 8.97. The molecule has 192 valence electrons. The van der Waals surface area contributed by atoms with Gasteiger partial charge in [-0.15, -0.1) is 0 Å². The quantitative estimate of drug-likeness (QED) is 0.514. The van der Waals surface area contributed by atoms with Crippen molar-refractivity contribution in [2.45, 2.75) is 32.9 Å². The van der Waals surface area contributed by atoms with E-state index >= 15 is 0 Å². The van der Waals surface area contributed by atoms with E-state index in [4.69, 9.17) is 10.5 Å². The number of nitrogens with zero attached hydrogens (tertiary/aromatic N) is 5. The lowest BCUT2D eigenvalue weighted by Crippen LogP contribution is -2.55. The van der Waals surface area contributed by atoms with Crippen LogP contribution in [-0.4, -0.2) is 74.8 Å². The van der Waals surface area contributed by atoms with Crippen LogP contribution in [-0.2, 0) is 6.42 Å². The Hall–Kier alpha value is -4.00. The highest BCUT2D eigenvalue weighted by atomic mass is 16.5. The number of ether oxygens (including phenoxy) is 1. The van der Waals surface area contributed by atoms with Gasteiger partial charge < -0.3 is 20.5 Å². The number of anilines is 1. The van der Waals surface area contributed by atoms with Gasteiger partial charge >= 0.3 is 0 Å². The van der Waals surface area contributed by atoms with Gasteiger partial charge in [0.1, 0.15) is 23.6 Å². The predicted molar refractivity (Wildman–Crippen MR) is 142 cm³/mol. The number of aliphatic hydroxyl groups is 1. The first-order chi connectivity index (χ1) is 17.7. The lowest BCUT2D eigenvalue weighted by atomic mass is 10.0. The van der Waals surface area contributed by atoms with E-state index in [9.17, 15) is 9.90 Å². The molecule has 1 aliphatic heterocycles. The van der Waals surface area contributed by atoms with Crippen molar-refractivity contribution in [3.63, 3.8) is 0 Å². The van der Waals surface area contributed by atoms with E-state index in [1.54, 1.807) is 44.2 Å². The molecule has 37 heavy (non-hydrogen) atoms. The normalized spacial score (nSPS) is 14.1. The molecule has 3 heterocycles. The molecular formula is C28H32N6O3. The van der Waals surface area contributed by atoms with Crippen molar-refractivity contribution in [1.82, 2.24) is 24.8 Å². The molecule has 1 aromatic carbocycles. The third-order valence-electron chi connectivity index (χ3n) is 6.43. The van der Waals surface area contributed by atoms with E-state index in [1.165, 1.54) is 6.33 Å². The van der Waals surface area contributed by atoms with Gasteiger partial charge in [0.2, 0.25) is 0 Å². The van der Waals surface area contributed by atoms with Crippen LogP contribution >= 0.6 is 0 Å². The zero-order valence-electron chi connectivity index (χ0n) is 21.7. The topological polar surface area (TPSA) is 118 Å². The fourth-order valence-electron chi connectivity index (χ4n) is 4.30. The van der Waals surface area contributed by atoms with Crippen molar-refractivity contribution in [2.75, 3.05) is 39.0 Å². The molecule has 9 heteroatoms. The number of rotatable bonds is 5. The van der Waals surface area contributed by atoms with Crippen molar-refractivity contribution >= 4 is 11.7 Å². The molecule has 2 aromatic heterocycles. The van der Waals surface area contributed by atoms with Gasteiger partial charge in [0.05, 0.1) is 29.6 Å². The molecule has 0 spiro atoms. The summed E-state index contributed by atoms with van der Waals surface area (Å²) in [6.45, 7) is 7.79. The van der Waals surface area contributed by atoms with E-state index < -0.39 is 5.72 Å². The van der Waals surface area contributed by atoms with E-state index in [1.807, 2.05) is 30.0 Å². The molecule has 0 radical (unpaired) electrons. The Morgan fingerprint density at radius 2 is 1.86 bits per heavy atom. The van der Waals surface area contributed by atoms with Gasteiger partial charge in [-0.1, -0.05) is 24.8 Å². The molecule has 9 nitrogen and oxygen atoms in total. The summed E-state index contributed by atoms with van der Waals surface area (Å²) in [7, 11) is 1.55. The number of aryl methyl sites for hydroxylation is 1. The number of carbonyl (C=O) groups excluding carboxylic acids is 1. The highest BCUT2D eigenvalue weighted by Gasteiger charge is 2.30. The fourth-order valence-corrected chi connectivity index (χ4v) is 4.30. The molecule has 1 fully saturated rings. The van der Waals surface area contributed by atoms with Crippen LogP contribution in [0.2, 0.25) is 0 Å². The number of piperazine rings is 1. The molecule has 0 unspecified atom stereocenters. The number of benzene rings is 1. The highest BCUT2D eigenvalue weighted by molar-refractivity contribution is 5.97. The zero-order chi connectivity index (χ0) is 26.6. The number of carbonyl (C=O) groups is 1. The largest absolute Gasteiger partial charge is 0.496 e. The van der Waals surface area contributed by atoms with Crippen molar-refractivity contribution in [2.24, 2.45) is 0 Å². The molecule has 1 aliphatic rings. The summed E-state index contributed by atoms with van der Waals surface area (Å²) in [5, 5.41) is 10.3. The SMILES string of the molecule is CCc1ncnc(-c2ccc(C(=O)N3CCN(C(C)(C)O)CC3)c(OC)c2)c1C#Cc1ccc(N)nc1. The molecule has 0 atom stereocenters. The Kier molecular flexibility index (Phi) is 7.71. The Morgan fingerprint density at radius 3 is 2.49 bits per heavy atom. The van der Waals surface area contributed by atoms with E-state index in [0.717, 1.165) is 16.8 Å². The summed E-state index contributed by atoms with van der Waals surface area (Å²) in [4.78, 5) is 30.1. The van der Waals surface area contributed by atoms with Crippen molar-refractivity contribution in [3.05, 3.63) is 65.2 Å². The van der Waals surface area contributed by atoms with E-state index in [0.29, 0.717) is 61.0 Å². The van der Waals surface area contributed by atoms with E-state index in [2.05, 4.69) is 26.8 Å². The smallest absolute Gasteiger partial charge is 0.257 e. The number of hydrogen-bond donors (Lipinski definition) is 2. The molecule has 0 aliphatic carbocycles. The van der Waals surface area contributed by atoms with Gasteiger partial charge in [-0.2, -0.15) is 0 Å². The third kappa shape index (κ3) is 5.88. The Morgan fingerprint density at radius 1 is 1.11 bits per heavy atom. The maximum Gasteiger partial charge on any atom is 0.257 e. The average Bonchev–Trinajstić information content (AvgIpc) is 2.91. The summed E-state index contributed by atoms with van der Waals surface area (Å²) >= 11 is 0. The first-order valence-electron chi connectivity index (χ1n) is 12.2. The van der Waals surface area contributed by atoms with Crippen LogP contribution in [0.1, 0.15) is 48.0 Å². The van der Waals surface area contributed by atoms with Gasteiger partial charge in [-0.05, 0) is 44.5 Å². The third-order valence-corrected chi connectivity index (χ3v) is 6.43. The van der Waals surface area contributed by atoms with Crippen LogP contribution in [0, 0.1) is 11.8 Å². The van der Waals surface area contributed by atoms with Crippen LogP contribution in [0.5, 0.6) is 5.75 Å². The Labute approximate surface area is 217 Å². The molecule has 1 saturated heterocycles.